The maximum absolute atomic E-state index is 11.4. The van der Waals surface area contributed by atoms with E-state index in [1.165, 1.54) is 19.3 Å². The minimum absolute atomic E-state index is 0.271. The van der Waals surface area contributed by atoms with E-state index < -0.39 is 19.6 Å². The molecule has 0 aromatic rings. The molecular weight excluding hydrogens is 247 g/mol. The molecule has 1 spiro atoms. The van der Waals surface area contributed by atoms with Gasteiger partial charge in [-0.2, -0.15) is 0 Å². The Labute approximate surface area is 99.8 Å². The van der Waals surface area contributed by atoms with Gasteiger partial charge in [0, 0.05) is 0 Å². The van der Waals surface area contributed by atoms with E-state index >= 15 is 0 Å². The van der Waals surface area contributed by atoms with E-state index in [1.54, 1.807) is 0 Å². The fourth-order valence-electron chi connectivity index (χ4n) is 2.42. The lowest BCUT2D eigenvalue weighted by Gasteiger charge is -2.28. The van der Waals surface area contributed by atoms with Crippen LogP contribution in [0.5, 0.6) is 0 Å². The van der Waals surface area contributed by atoms with Gasteiger partial charge < -0.3 is 9.84 Å². The SMILES string of the molecule is CCCCCCCC1OC12OP1(=O)OC2(O)O1. The molecule has 0 amide bonds. The highest BCUT2D eigenvalue weighted by molar-refractivity contribution is 7.50. The molecule has 0 aliphatic carbocycles. The molecule has 7 heteroatoms. The van der Waals surface area contributed by atoms with E-state index in [0.717, 1.165) is 19.3 Å². The molecule has 2 bridgehead atoms. The van der Waals surface area contributed by atoms with Crippen LogP contribution in [0.3, 0.4) is 0 Å². The van der Waals surface area contributed by atoms with Crippen LogP contribution in [0.2, 0.25) is 0 Å². The zero-order valence-electron chi connectivity index (χ0n) is 9.76. The molecule has 2 unspecified atom stereocenters. The van der Waals surface area contributed by atoms with Crippen LogP contribution in [0.4, 0.5) is 0 Å². The first-order valence-electron chi connectivity index (χ1n) is 6.16. The van der Waals surface area contributed by atoms with Gasteiger partial charge in [0.1, 0.15) is 6.10 Å². The lowest BCUT2D eigenvalue weighted by Crippen LogP contribution is -2.47. The summed E-state index contributed by atoms with van der Waals surface area (Å²) in [6, 6.07) is 0. The van der Waals surface area contributed by atoms with Crippen LogP contribution in [0.1, 0.15) is 45.4 Å². The summed E-state index contributed by atoms with van der Waals surface area (Å²) in [5.74, 6) is -3.25. The van der Waals surface area contributed by atoms with Crippen LogP contribution >= 0.6 is 7.82 Å². The van der Waals surface area contributed by atoms with Crippen molar-refractivity contribution >= 4 is 7.82 Å². The quantitative estimate of drug-likeness (QED) is 0.450. The number of hydrogen-bond acceptors (Lipinski definition) is 6. The van der Waals surface area contributed by atoms with Crippen LogP contribution in [-0.2, 0) is 22.9 Å². The van der Waals surface area contributed by atoms with Crippen molar-refractivity contribution in [2.45, 2.75) is 63.3 Å². The highest BCUT2D eigenvalue weighted by Gasteiger charge is 2.90. The minimum Gasteiger partial charge on any atom is -0.338 e. The van der Waals surface area contributed by atoms with E-state index in [1.807, 2.05) is 0 Å². The van der Waals surface area contributed by atoms with Crippen molar-refractivity contribution in [1.82, 2.24) is 0 Å². The third kappa shape index (κ3) is 1.70. The zero-order valence-corrected chi connectivity index (χ0v) is 10.7. The summed E-state index contributed by atoms with van der Waals surface area (Å²) >= 11 is 0. The fraction of sp³-hybridized carbons (Fsp3) is 1.00. The first-order valence-corrected chi connectivity index (χ1v) is 7.62. The number of phosphoric acid groups is 1. The van der Waals surface area contributed by atoms with Crippen molar-refractivity contribution in [2.24, 2.45) is 0 Å². The maximum atomic E-state index is 11.4. The Balaban J connectivity index is 1.46. The molecular formula is C10H17O6P. The third-order valence-corrected chi connectivity index (χ3v) is 4.85. The number of unbranched alkanes of at least 4 members (excludes halogenated alkanes) is 4. The highest BCUT2D eigenvalue weighted by Crippen LogP contribution is 2.81. The molecule has 4 aliphatic heterocycles. The van der Waals surface area contributed by atoms with E-state index in [-0.39, 0.29) is 6.10 Å². The molecule has 17 heavy (non-hydrogen) atoms. The molecule has 4 rings (SSSR count). The zero-order chi connectivity index (χ0) is 12.1. The lowest BCUT2D eigenvalue weighted by atomic mass is 10.1. The van der Waals surface area contributed by atoms with Gasteiger partial charge in [-0.25, -0.2) is 18.1 Å². The van der Waals surface area contributed by atoms with Gasteiger partial charge in [-0.1, -0.05) is 39.0 Å². The predicted molar refractivity (Wildman–Crippen MR) is 56.8 cm³/mol. The molecule has 0 saturated carbocycles. The second-order valence-electron chi connectivity index (χ2n) is 4.78. The molecule has 4 fully saturated rings. The summed E-state index contributed by atoms with van der Waals surface area (Å²) in [6.45, 7) is 2.17. The summed E-state index contributed by atoms with van der Waals surface area (Å²) < 4.78 is 31.2. The Hall–Kier alpha value is 0.0300. The minimum atomic E-state index is -3.49. The van der Waals surface area contributed by atoms with Crippen LogP contribution in [-0.4, -0.2) is 23.0 Å². The Morgan fingerprint density at radius 3 is 2.47 bits per heavy atom. The molecule has 0 aromatic heterocycles. The van der Waals surface area contributed by atoms with Gasteiger partial charge in [-0.05, 0) is 6.42 Å². The number of epoxide rings is 1. The van der Waals surface area contributed by atoms with Crippen molar-refractivity contribution in [3.05, 3.63) is 0 Å². The number of rotatable bonds is 6. The lowest BCUT2D eigenvalue weighted by molar-refractivity contribution is -0.345. The van der Waals surface area contributed by atoms with Crippen molar-refractivity contribution in [3.8, 4) is 0 Å². The summed E-state index contributed by atoms with van der Waals surface area (Å²) in [5, 5.41) is 9.76. The molecule has 0 radical (unpaired) electrons. The second-order valence-corrected chi connectivity index (χ2v) is 6.22. The van der Waals surface area contributed by atoms with Crippen molar-refractivity contribution in [3.63, 3.8) is 0 Å². The summed E-state index contributed by atoms with van der Waals surface area (Å²) in [5.41, 5.74) is 0. The van der Waals surface area contributed by atoms with E-state index in [9.17, 15) is 9.67 Å². The third-order valence-electron chi connectivity index (χ3n) is 3.41. The van der Waals surface area contributed by atoms with Gasteiger partial charge in [-0.3, -0.25) is 0 Å². The predicted octanol–water partition coefficient (Wildman–Crippen LogP) is 2.27. The molecule has 6 nitrogen and oxygen atoms in total. The topological polar surface area (TPSA) is 77.5 Å². The van der Waals surface area contributed by atoms with Crippen molar-refractivity contribution in [2.75, 3.05) is 0 Å². The molecule has 0 aromatic carbocycles. The first kappa shape index (κ1) is 12.1. The highest BCUT2D eigenvalue weighted by atomic mass is 31.2. The fourth-order valence-corrected chi connectivity index (χ4v) is 3.97. The Kier molecular flexibility index (Phi) is 2.67. The second kappa shape index (κ2) is 3.76. The Morgan fingerprint density at radius 1 is 1.18 bits per heavy atom. The van der Waals surface area contributed by atoms with Crippen molar-refractivity contribution < 1.29 is 28.0 Å². The monoisotopic (exact) mass is 264 g/mol. The summed E-state index contributed by atoms with van der Waals surface area (Å²) in [6.07, 6.45) is 6.26. The number of ether oxygens (including phenoxy) is 1. The maximum Gasteiger partial charge on any atom is 0.486 e. The summed E-state index contributed by atoms with van der Waals surface area (Å²) in [4.78, 5) is 0. The van der Waals surface area contributed by atoms with Gasteiger partial charge in [-0.15, -0.1) is 0 Å². The Bertz CT molecular complexity index is 362. The number of aliphatic hydroxyl groups is 1. The number of hydrogen-bond donors (Lipinski definition) is 1. The smallest absolute Gasteiger partial charge is 0.338 e. The van der Waals surface area contributed by atoms with Crippen molar-refractivity contribution in [1.29, 1.82) is 0 Å². The van der Waals surface area contributed by atoms with Gasteiger partial charge in [0.15, 0.2) is 0 Å². The largest absolute Gasteiger partial charge is 0.486 e. The van der Waals surface area contributed by atoms with E-state index in [4.69, 9.17) is 18.3 Å². The first-order chi connectivity index (χ1) is 8.04. The van der Waals surface area contributed by atoms with Gasteiger partial charge >= 0.3 is 13.8 Å². The van der Waals surface area contributed by atoms with E-state index in [2.05, 4.69) is 6.92 Å². The van der Waals surface area contributed by atoms with Crippen LogP contribution < -0.4 is 0 Å². The molecule has 98 valence electrons. The van der Waals surface area contributed by atoms with E-state index in [0.29, 0.717) is 0 Å². The summed E-state index contributed by atoms with van der Waals surface area (Å²) in [7, 11) is -3.49. The van der Waals surface area contributed by atoms with Gasteiger partial charge in [0.05, 0.1) is 0 Å². The Morgan fingerprint density at radius 2 is 1.88 bits per heavy atom. The van der Waals surface area contributed by atoms with Gasteiger partial charge in [0.2, 0.25) is 0 Å². The standard InChI is InChI=1S/C10H17O6P/c1-2-3-4-5-6-7-8-9(13-8)10(11)15-17(12,14-9)16-10/h8,11H,2-7H2,1H3. The molecule has 4 aliphatic rings. The molecule has 2 atom stereocenters. The average Bonchev–Trinajstić information content (AvgIpc) is 2.78. The molecule has 1 N–H and O–H groups in total. The number of phosphoric ester groups is 1. The van der Waals surface area contributed by atoms with Crippen LogP contribution in [0.15, 0.2) is 0 Å². The van der Waals surface area contributed by atoms with Crippen LogP contribution in [0, 0.1) is 0 Å². The molecule has 4 saturated heterocycles. The normalized spacial score (nSPS) is 50.6. The molecule has 4 heterocycles. The average molecular weight is 264 g/mol. The van der Waals surface area contributed by atoms with Gasteiger partial charge in [0.25, 0.3) is 5.79 Å². The van der Waals surface area contributed by atoms with Crippen LogP contribution in [0.25, 0.3) is 0 Å².